The van der Waals surface area contributed by atoms with E-state index in [9.17, 15) is 0 Å². The van der Waals surface area contributed by atoms with Crippen molar-refractivity contribution < 1.29 is 4.74 Å². The SMILES string of the molecule is Clc1ccc(Oc2cc(Br)ccc2CBr)c(Cl)c1. The molecule has 0 N–H and O–H groups in total. The van der Waals surface area contributed by atoms with Crippen molar-refractivity contribution in [3.05, 3.63) is 56.5 Å². The third kappa shape index (κ3) is 3.41. The zero-order valence-corrected chi connectivity index (χ0v) is 13.8. The molecule has 0 aliphatic heterocycles. The summed E-state index contributed by atoms with van der Waals surface area (Å²) in [7, 11) is 0. The third-order valence-electron chi connectivity index (χ3n) is 2.29. The maximum absolute atomic E-state index is 6.08. The standard InChI is InChI=1S/C13H8Br2Cl2O/c14-7-8-1-2-9(15)5-13(8)18-12-4-3-10(16)6-11(12)17/h1-6H,7H2. The molecule has 0 fully saturated rings. The smallest absolute Gasteiger partial charge is 0.146 e. The lowest BCUT2D eigenvalue weighted by atomic mass is 10.2. The van der Waals surface area contributed by atoms with E-state index >= 15 is 0 Å². The molecule has 1 nitrogen and oxygen atoms in total. The van der Waals surface area contributed by atoms with Crippen LogP contribution in [0.5, 0.6) is 11.5 Å². The van der Waals surface area contributed by atoms with Crippen molar-refractivity contribution in [1.29, 1.82) is 0 Å². The number of ether oxygens (including phenoxy) is 1. The highest BCUT2D eigenvalue weighted by molar-refractivity contribution is 9.10. The second-order valence-electron chi connectivity index (χ2n) is 3.56. The van der Waals surface area contributed by atoms with Gasteiger partial charge in [0.1, 0.15) is 11.5 Å². The van der Waals surface area contributed by atoms with Crippen molar-refractivity contribution in [3.63, 3.8) is 0 Å². The fraction of sp³-hybridized carbons (Fsp3) is 0.0769. The van der Waals surface area contributed by atoms with Crippen LogP contribution in [-0.4, -0.2) is 0 Å². The molecule has 0 radical (unpaired) electrons. The molecule has 2 aromatic carbocycles. The second-order valence-corrected chi connectivity index (χ2v) is 5.88. The van der Waals surface area contributed by atoms with Crippen LogP contribution in [0.15, 0.2) is 40.9 Å². The number of hydrogen-bond acceptors (Lipinski definition) is 1. The molecule has 0 saturated carbocycles. The van der Waals surface area contributed by atoms with Crippen molar-refractivity contribution in [2.24, 2.45) is 0 Å². The van der Waals surface area contributed by atoms with E-state index in [0.717, 1.165) is 15.8 Å². The molecule has 0 amide bonds. The van der Waals surface area contributed by atoms with Crippen LogP contribution in [0.25, 0.3) is 0 Å². The molecule has 18 heavy (non-hydrogen) atoms. The molecule has 5 heteroatoms. The molecule has 0 bridgehead atoms. The first-order valence-electron chi connectivity index (χ1n) is 5.07. The van der Waals surface area contributed by atoms with Gasteiger partial charge >= 0.3 is 0 Å². The lowest BCUT2D eigenvalue weighted by molar-refractivity contribution is 0.478. The Morgan fingerprint density at radius 1 is 1.00 bits per heavy atom. The van der Waals surface area contributed by atoms with Crippen LogP contribution >= 0.6 is 55.1 Å². The van der Waals surface area contributed by atoms with Crippen LogP contribution in [0.1, 0.15) is 5.56 Å². The van der Waals surface area contributed by atoms with E-state index in [1.54, 1.807) is 18.2 Å². The molecule has 2 rings (SSSR count). The first kappa shape index (κ1) is 14.2. The van der Waals surface area contributed by atoms with Crippen LogP contribution in [0.2, 0.25) is 10.0 Å². The molecule has 94 valence electrons. The van der Waals surface area contributed by atoms with Crippen molar-refractivity contribution in [2.75, 3.05) is 0 Å². The minimum Gasteiger partial charge on any atom is -0.455 e. The van der Waals surface area contributed by atoms with Gasteiger partial charge in [0, 0.05) is 20.4 Å². The van der Waals surface area contributed by atoms with E-state index in [4.69, 9.17) is 27.9 Å². The highest BCUT2D eigenvalue weighted by Gasteiger charge is 2.08. The third-order valence-corrected chi connectivity index (χ3v) is 3.91. The fourth-order valence-electron chi connectivity index (χ4n) is 1.41. The number of rotatable bonds is 3. The zero-order chi connectivity index (χ0) is 13.1. The summed E-state index contributed by atoms with van der Waals surface area (Å²) in [4.78, 5) is 0. The van der Waals surface area contributed by atoms with E-state index in [-0.39, 0.29) is 0 Å². The Kier molecular flexibility index (Phi) is 4.96. The van der Waals surface area contributed by atoms with Gasteiger partial charge in [0.15, 0.2) is 0 Å². The molecular formula is C13H8Br2Cl2O. The Labute approximate surface area is 132 Å². The summed E-state index contributed by atoms with van der Waals surface area (Å²) in [5, 5.41) is 1.78. The fourth-order valence-corrected chi connectivity index (χ4v) is 2.66. The van der Waals surface area contributed by atoms with Gasteiger partial charge < -0.3 is 4.74 Å². The monoisotopic (exact) mass is 408 g/mol. The average Bonchev–Trinajstić information content (AvgIpc) is 2.33. The van der Waals surface area contributed by atoms with E-state index in [0.29, 0.717) is 21.1 Å². The highest BCUT2D eigenvalue weighted by Crippen LogP contribution is 2.35. The summed E-state index contributed by atoms with van der Waals surface area (Å²) in [6.45, 7) is 0. The van der Waals surface area contributed by atoms with E-state index in [2.05, 4.69) is 31.9 Å². The van der Waals surface area contributed by atoms with Gasteiger partial charge in [0.2, 0.25) is 0 Å². The largest absolute Gasteiger partial charge is 0.455 e. The van der Waals surface area contributed by atoms with Gasteiger partial charge in [0.25, 0.3) is 0 Å². The van der Waals surface area contributed by atoms with Crippen LogP contribution in [0, 0.1) is 0 Å². The summed E-state index contributed by atoms with van der Waals surface area (Å²) < 4.78 is 6.77. The summed E-state index contributed by atoms with van der Waals surface area (Å²) in [5.74, 6) is 1.34. The predicted molar refractivity (Wildman–Crippen MR) is 83.3 cm³/mol. The molecule has 0 atom stereocenters. The first-order chi connectivity index (χ1) is 8.60. The summed E-state index contributed by atoms with van der Waals surface area (Å²) in [6.07, 6.45) is 0. The van der Waals surface area contributed by atoms with Crippen molar-refractivity contribution in [3.8, 4) is 11.5 Å². The molecule has 0 heterocycles. The Hall–Kier alpha value is -0.220. The van der Waals surface area contributed by atoms with Crippen molar-refractivity contribution in [2.45, 2.75) is 5.33 Å². The summed E-state index contributed by atoms with van der Waals surface area (Å²) in [5.41, 5.74) is 1.05. The molecule has 2 aromatic rings. The quantitative estimate of drug-likeness (QED) is 0.529. The number of benzene rings is 2. The maximum Gasteiger partial charge on any atom is 0.146 e. The average molecular weight is 411 g/mol. The van der Waals surface area contributed by atoms with Crippen LogP contribution in [0.3, 0.4) is 0 Å². The second kappa shape index (κ2) is 6.29. The Balaban J connectivity index is 2.36. The van der Waals surface area contributed by atoms with Crippen LogP contribution in [0.4, 0.5) is 0 Å². The van der Waals surface area contributed by atoms with Gasteiger partial charge in [-0.25, -0.2) is 0 Å². The molecule has 0 aliphatic rings. The molecule has 0 unspecified atom stereocenters. The Morgan fingerprint density at radius 2 is 1.78 bits per heavy atom. The van der Waals surface area contributed by atoms with Gasteiger partial charge in [-0.05, 0) is 30.3 Å². The van der Waals surface area contributed by atoms with E-state index in [1.807, 2.05) is 18.2 Å². The molecular weight excluding hydrogens is 403 g/mol. The van der Waals surface area contributed by atoms with E-state index in [1.165, 1.54) is 0 Å². The molecule has 0 saturated heterocycles. The highest BCUT2D eigenvalue weighted by atomic mass is 79.9. The van der Waals surface area contributed by atoms with E-state index < -0.39 is 0 Å². The predicted octanol–water partition coefficient (Wildman–Crippen LogP) is 6.44. The Morgan fingerprint density at radius 3 is 2.44 bits per heavy atom. The number of hydrogen-bond donors (Lipinski definition) is 0. The zero-order valence-electron chi connectivity index (χ0n) is 9.09. The summed E-state index contributed by atoms with van der Waals surface area (Å²) in [6, 6.07) is 11.0. The van der Waals surface area contributed by atoms with Gasteiger partial charge in [-0.3, -0.25) is 0 Å². The van der Waals surface area contributed by atoms with Gasteiger partial charge in [-0.2, -0.15) is 0 Å². The number of alkyl halides is 1. The normalized spacial score (nSPS) is 10.4. The van der Waals surface area contributed by atoms with Gasteiger partial charge in [0.05, 0.1) is 5.02 Å². The lowest BCUT2D eigenvalue weighted by Gasteiger charge is -2.11. The molecule has 0 spiro atoms. The van der Waals surface area contributed by atoms with Crippen LogP contribution in [-0.2, 0) is 5.33 Å². The van der Waals surface area contributed by atoms with Gasteiger partial charge in [-0.1, -0.05) is 61.1 Å². The number of halogens is 4. The summed E-state index contributed by atoms with van der Waals surface area (Å²) >= 11 is 18.8. The van der Waals surface area contributed by atoms with Gasteiger partial charge in [-0.15, -0.1) is 0 Å². The minimum atomic E-state index is 0.489. The topological polar surface area (TPSA) is 9.23 Å². The lowest BCUT2D eigenvalue weighted by Crippen LogP contribution is -1.90. The first-order valence-corrected chi connectivity index (χ1v) is 7.74. The van der Waals surface area contributed by atoms with Crippen molar-refractivity contribution in [1.82, 2.24) is 0 Å². The molecule has 0 aliphatic carbocycles. The molecule has 0 aromatic heterocycles. The minimum absolute atomic E-state index is 0.489. The maximum atomic E-state index is 6.08. The van der Waals surface area contributed by atoms with Crippen molar-refractivity contribution >= 4 is 55.1 Å². The Bertz CT molecular complexity index is 573. The van der Waals surface area contributed by atoms with Crippen LogP contribution < -0.4 is 4.74 Å².